The molecule has 1 aromatic rings. The maximum absolute atomic E-state index is 11.9. The average Bonchev–Trinajstić information content (AvgIpc) is 2.30. The maximum atomic E-state index is 11.9. The number of ether oxygens (including phenoxy) is 1. The normalized spacial score (nSPS) is 12.2. The molecule has 1 amide bonds. The van der Waals surface area contributed by atoms with Gasteiger partial charge in [-0.3, -0.25) is 4.79 Å². The Morgan fingerprint density at radius 3 is 2.88 bits per heavy atom. The number of rotatable bonds is 5. The number of aryl methyl sites for hydroxylation is 1. The quantitative estimate of drug-likeness (QED) is 0.765. The molecule has 0 saturated carbocycles. The van der Waals surface area contributed by atoms with Gasteiger partial charge in [-0.15, -0.1) is 0 Å². The van der Waals surface area contributed by atoms with Gasteiger partial charge in [-0.25, -0.2) is 0 Å². The minimum Gasteiger partial charge on any atom is -0.398 e. The van der Waals surface area contributed by atoms with Gasteiger partial charge >= 0.3 is 0 Å². The highest BCUT2D eigenvalue weighted by Gasteiger charge is 2.11. The number of carbonyl (C=O) groups is 1. The van der Waals surface area contributed by atoms with Crippen LogP contribution in [0.3, 0.4) is 0 Å². The Balaban J connectivity index is 2.61. The molecule has 0 aliphatic carbocycles. The molecule has 0 fully saturated rings. The van der Waals surface area contributed by atoms with E-state index in [1.807, 2.05) is 32.9 Å². The van der Waals surface area contributed by atoms with E-state index in [1.165, 1.54) is 0 Å². The summed E-state index contributed by atoms with van der Waals surface area (Å²) in [4.78, 5) is 11.9. The highest BCUT2D eigenvalue weighted by Crippen LogP contribution is 2.15. The van der Waals surface area contributed by atoms with Crippen LogP contribution in [0.4, 0.5) is 5.69 Å². The van der Waals surface area contributed by atoms with Gasteiger partial charge in [0, 0.05) is 18.8 Å². The zero-order valence-corrected chi connectivity index (χ0v) is 10.6. The van der Waals surface area contributed by atoms with Gasteiger partial charge in [-0.05, 0) is 32.4 Å². The molecule has 0 bridgehead atoms. The van der Waals surface area contributed by atoms with Crippen LogP contribution in [-0.2, 0) is 4.74 Å². The largest absolute Gasteiger partial charge is 0.398 e. The van der Waals surface area contributed by atoms with Crippen LogP contribution in [0.2, 0.25) is 0 Å². The smallest absolute Gasteiger partial charge is 0.253 e. The van der Waals surface area contributed by atoms with Crippen molar-refractivity contribution in [2.45, 2.75) is 26.9 Å². The second-order valence-electron chi connectivity index (χ2n) is 4.01. The Morgan fingerprint density at radius 2 is 2.24 bits per heavy atom. The van der Waals surface area contributed by atoms with Gasteiger partial charge in [0.2, 0.25) is 0 Å². The summed E-state index contributed by atoms with van der Waals surface area (Å²) >= 11 is 0. The molecule has 4 heteroatoms. The fraction of sp³-hybridized carbons (Fsp3) is 0.462. The molecule has 1 aromatic carbocycles. The zero-order valence-electron chi connectivity index (χ0n) is 10.6. The summed E-state index contributed by atoms with van der Waals surface area (Å²) in [7, 11) is 0. The third-order valence-corrected chi connectivity index (χ3v) is 2.57. The minimum absolute atomic E-state index is 0.00924. The maximum Gasteiger partial charge on any atom is 0.253 e. The summed E-state index contributed by atoms with van der Waals surface area (Å²) in [5.41, 5.74) is 7.83. The van der Waals surface area contributed by atoms with Crippen molar-refractivity contribution in [1.29, 1.82) is 0 Å². The second kappa shape index (κ2) is 6.25. The van der Waals surface area contributed by atoms with E-state index in [0.717, 1.165) is 5.56 Å². The van der Waals surface area contributed by atoms with Crippen LogP contribution in [0.25, 0.3) is 0 Å². The summed E-state index contributed by atoms with van der Waals surface area (Å²) in [6.07, 6.45) is 0.00924. The van der Waals surface area contributed by atoms with Crippen molar-refractivity contribution in [2.24, 2.45) is 0 Å². The Hall–Kier alpha value is -1.55. The van der Waals surface area contributed by atoms with Crippen molar-refractivity contribution in [1.82, 2.24) is 5.32 Å². The molecule has 0 saturated heterocycles. The Morgan fingerprint density at radius 1 is 1.53 bits per heavy atom. The topological polar surface area (TPSA) is 64.3 Å². The summed E-state index contributed by atoms with van der Waals surface area (Å²) in [5, 5.41) is 2.81. The van der Waals surface area contributed by atoms with Crippen LogP contribution in [-0.4, -0.2) is 25.2 Å². The van der Waals surface area contributed by atoms with E-state index in [-0.39, 0.29) is 12.0 Å². The van der Waals surface area contributed by atoms with Crippen LogP contribution in [0.15, 0.2) is 18.2 Å². The number of hydrogen-bond acceptors (Lipinski definition) is 3. The molecule has 1 rings (SSSR count). The monoisotopic (exact) mass is 236 g/mol. The number of anilines is 1. The Labute approximate surface area is 102 Å². The van der Waals surface area contributed by atoms with Crippen molar-refractivity contribution in [2.75, 3.05) is 18.9 Å². The van der Waals surface area contributed by atoms with Crippen molar-refractivity contribution in [3.8, 4) is 0 Å². The highest BCUT2D eigenvalue weighted by atomic mass is 16.5. The first-order valence-corrected chi connectivity index (χ1v) is 5.81. The molecule has 3 N–H and O–H groups in total. The molecule has 17 heavy (non-hydrogen) atoms. The predicted octanol–water partition coefficient (Wildman–Crippen LogP) is 1.73. The van der Waals surface area contributed by atoms with Gasteiger partial charge in [0.05, 0.1) is 11.7 Å². The van der Waals surface area contributed by atoms with Crippen LogP contribution < -0.4 is 11.1 Å². The number of nitrogens with one attached hydrogen (secondary N) is 1. The molecule has 1 unspecified atom stereocenters. The van der Waals surface area contributed by atoms with Crippen LogP contribution in [0.1, 0.15) is 29.8 Å². The van der Waals surface area contributed by atoms with Crippen molar-refractivity contribution in [3.63, 3.8) is 0 Å². The van der Waals surface area contributed by atoms with Crippen molar-refractivity contribution in [3.05, 3.63) is 29.3 Å². The number of hydrogen-bond donors (Lipinski definition) is 2. The van der Waals surface area contributed by atoms with Crippen LogP contribution in [0.5, 0.6) is 0 Å². The number of nitrogen functional groups attached to an aromatic ring is 1. The number of nitrogens with two attached hydrogens (primary N) is 1. The predicted molar refractivity (Wildman–Crippen MR) is 69.0 cm³/mol. The SMILES string of the molecule is CCOC(C)CNC(=O)c1cccc(C)c1N. The van der Waals surface area contributed by atoms with Crippen molar-refractivity contribution >= 4 is 11.6 Å². The number of para-hydroxylation sites is 1. The third-order valence-electron chi connectivity index (χ3n) is 2.57. The second-order valence-corrected chi connectivity index (χ2v) is 4.01. The highest BCUT2D eigenvalue weighted by molar-refractivity contribution is 5.99. The summed E-state index contributed by atoms with van der Waals surface area (Å²) in [5.74, 6) is -0.155. The molecular weight excluding hydrogens is 216 g/mol. The molecule has 0 radical (unpaired) electrons. The molecule has 0 aliphatic rings. The van der Waals surface area contributed by atoms with E-state index < -0.39 is 0 Å². The van der Waals surface area contributed by atoms with Gasteiger partial charge < -0.3 is 15.8 Å². The molecule has 94 valence electrons. The Kier molecular flexibility index (Phi) is 4.97. The first-order valence-electron chi connectivity index (χ1n) is 5.81. The summed E-state index contributed by atoms with van der Waals surface area (Å²) < 4.78 is 5.34. The van der Waals surface area contributed by atoms with Crippen LogP contribution >= 0.6 is 0 Å². The van der Waals surface area contributed by atoms with E-state index in [0.29, 0.717) is 24.4 Å². The van der Waals surface area contributed by atoms with Crippen LogP contribution in [0, 0.1) is 6.92 Å². The standard InChI is InChI=1S/C13H20N2O2/c1-4-17-10(3)8-15-13(16)11-7-5-6-9(2)12(11)14/h5-7,10H,4,8,14H2,1-3H3,(H,15,16). The van der Waals surface area contributed by atoms with E-state index in [1.54, 1.807) is 6.07 Å². The number of carbonyl (C=O) groups excluding carboxylic acids is 1. The number of amides is 1. The minimum atomic E-state index is -0.155. The van der Waals surface area contributed by atoms with Gasteiger partial charge in [0.1, 0.15) is 0 Å². The van der Waals surface area contributed by atoms with E-state index in [4.69, 9.17) is 10.5 Å². The fourth-order valence-electron chi connectivity index (χ4n) is 1.55. The van der Waals surface area contributed by atoms with Gasteiger partial charge in [0.25, 0.3) is 5.91 Å². The van der Waals surface area contributed by atoms with Gasteiger partial charge in [-0.2, -0.15) is 0 Å². The summed E-state index contributed by atoms with van der Waals surface area (Å²) in [6.45, 7) is 6.86. The summed E-state index contributed by atoms with van der Waals surface area (Å²) in [6, 6.07) is 5.44. The molecular formula is C13H20N2O2. The molecule has 0 aliphatic heterocycles. The average molecular weight is 236 g/mol. The first-order chi connectivity index (χ1) is 8.06. The first kappa shape index (κ1) is 13.5. The molecule has 0 aromatic heterocycles. The fourth-order valence-corrected chi connectivity index (χ4v) is 1.55. The van der Waals surface area contributed by atoms with Crippen molar-refractivity contribution < 1.29 is 9.53 Å². The van der Waals surface area contributed by atoms with E-state index in [2.05, 4.69) is 5.32 Å². The van der Waals surface area contributed by atoms with Gasteiger partial charge in [0.15, 0.2) is 0 Å². The zero-order chi connectivity index (χ0) is 12.8. The molecule has 4 nitrogen and oxygen atoms in total. The lowest BCUT2D eigenvalue weighted by Crippen LogP contribution is -2.32. The Bertz CT molecular complexity index is 391. The third kappa shape index (κ3) is 3.75. The molecule has 0 spiro atoms. The number of benzene rings is 1. The van der Waals surface area contributed by atoms with E-state index in [9.17, 15) is 4.79 Å². The lowest BCUT2D eigenvalue weighted by molar-refractivity contribution is 0.0695. The molecule has 1 atom stereocenters. The lowest BCUT2D eigenvalue weighted by atomic mass is 10.1. The lowest BCUT2D eigenvalue weighted by Gasteiger charge is -2.13. The molecule has 0 heterocycles. The van der Waals surface area contributed by atoms with Gasteiger partial charge in [-0.1, -0.05) is 12.1 Å². The van der Waals surface area contributed by atoms with E-state index >= 15 is 0 Å².